The number of carbonyl (C=O) groups excluding carboxylic acids is 2. The third kappa shape index (κ3) is 2.12. The van der Waals surface area contributed by atoms with Crippen molar-refractivity contribution in [3.8, 4) is 5.75 Å². The fraction of sp³-hybridized carbons (Fsp3) is 0.368. The second-order valence-electron chi connectivity index (χ2n) is 6.84. The van der Waals surface area contributed by atoms with Crippen LogP contribution in [-0.2, 0) is 9.59 Å². The van der Waals surface area contributed by atoms with E-state index in [2.05, 4.69) is 0 Å². The van der Waals surface area contributed by atoms with Crippen molar-refractivity contribution in [2.45, 2.75) is 45.1 Å². The Morgan fingerprint density at radius 2 is 1.70 bits per heavy atom. The second-order valence-corrected chi connectivity index (χ2v) is 6.84. The number of benzene rings is 1. The molecule has 0 atom stereocenters. The highest BCUT2D eigenvalue weighted by atomic mass is 16.5. The average molecular weight is 309 g/mol. The van der Waals surface area contributed by atoms with Gasteiger partial charge in [-0.25, -0.2) is 4.90 Å². The van der Waals surface area contributed by atoms with Crippen LogP contribution >= 0.6 is 0 Å². The third-order valence-electron chi connectivity index (χ3n) is 4.69. The van der Waals surface area contributed by atoms with E-state index in [4.69, 9.17) is 4.74 Å². The summed E-state index contributed by atoms with van der Waals surface area (Å²) in [6.07, 6.45) is 7.34. The minimum atomic E-state index is -0.456. The normalized spacial score (nSPS) is 22.1. The molecule has 0 aromatic heterocycles. The van der Waals surface area contributed by atoms with Gasteiger partial charge in [0.2, 0.25) is 0 Å². The number of ether oxygens (including phenoxy) is 1. The summed E-state index contributed by atoms with van der Waals surface area (Å²) in [5, 5.41) is 0. The Hall–Kier alpha value is -2.36. The first-order valence-electron chi connectivity index (χ1n) is 8.10. The van der Waals surface area contributed by atoms with Gasteiger partial charge in [0, 0.05) is 16.7 Å². The van der Waals surface area contributed by atoms with Crippen LogP contribution in [0.25, 0.3) is 6.08 Å². The summed E-state index contributed by atoms with van der Waals surface area (Å²) in [7, 11) is 0. The largest absolute Gasteiger partial charge is 0.481 e. The van der Waals surface area contributed by atoms with Crippen LogP contribution < -0.4 is 9.64 Å². The van der Waals surface area contributed by atoms with Gasteiger partial charge < -0.3 is 4.74 Å². The van der Waals surface area contributed by atoms with Gasteiger partial charge in [-0.1, -0.05) is 18.2 Å². The van der Waals surface area contributed by atoms with Crippen molar-refractivity contribution in [1.82, 2.24) is 0 Å². The van der Waals surface area contributed by atoms with Crippen LogP contribution in [0, 0.1) is 0 Å². The number of rotatable bonds is 1. The van der Waals surface area contributed by atoms with Gasteiger partial charge in [-0.05, 0) is 51.7 Å². The first-order chi connectivity index (χ1) is 11.0. The van der Waals surface area contributed by atoms with Crippen molar-refractivity contribution in [3.63, 3.8) is 0 Å². The number of hydrogen-bond acceptors (Lipinski definition) is 3. The molecule has 4 rings (SSSR count). The van der Waals surface area contributed by atoms with Crippen LogP contribution in [0.4, 0.5) is 5.69 Å². The number of nitrogens with zero attached hydrogens (tertiary/aromatic N) is 1. The summed E-state index contributed by atoms with van der Waals surface area (Å²) in [4.78, 5) is 26.9. The highest BCUT2D eigenvalue weighted by Gasteiger charge is 2.41. The summed E-state index contributed by atoms with van der Waals surface area (Å²) in [5.41, 5.74) is 2.40. The van der Waals surface area contributed by atoms with Gasteiger partial charge in [0.05, 0.1) is 5.69 Å². The predicted octanol–water partition coefficient (Wildman–Crippen LogP) is 3.61. The summed E-state index contributed by atoms with van der Waals surface area (Å²) in [5.74, 6) is 0.268. The average Bonchev–Trinajstić information content (AvgIpc) is 2.78. The molecule has 0 saturated heterocycles. The molecule has 2 aliphatic heterocycles. The van der Waals surface area contributed by atoms with Crippen LogP contribution in [0.3, 0.4) is 0 Å². The van der Waals surface area contributed by atoms with E-state index in [0.717, 1.165) is 18.4 Å². The molecule has 2 heterocycles. The lowest BCUT2D eigenvalue weighted by Gasteiger charge is -2.31. The van der Waals surface area contributed by atoms with Crippen LogP contribution in [0.5, 0.6) is 5.75 Å². The molecule has 1 aromatic carbocycles. The molecule has 4 heteroatoms. The van der Waals surface area contributed by atoms with E-state index >= 15 is 0 Å². The SMILES string of the molecule is CC1(C)C=Cc2cccc(N3C(=O)C4=C(CCCC4)C3=O)c2O1. The standard InChI is InChI=1S/C19H19NO3/c1-19(2)11-10-12-6-5-9-15(16(12)23-19)20-17(21)13-7-3-4-8-14(13)18(20)22/h5-6,9-11H,3-4,7-8H2,1-2H3. The molecule has 0 radical (unpaired) electrons. The maximum absolute atomic E-state index is 12.8. The summed E-state index contributed by atoms with van der Waals surface area (Å²) in [6, 6.07) is 5.59. The van der Waals surface area contributed by atoms with Gasteiger partial charge in [-0.2, -0.15) is 0 Å². The van der Waals surface area contributed by atoms with E-state index in [1.807, 2.05) is 38.1 Å². The Morgan fingerprint density at radius 1 is 1.04 bits per heavy atom. The number of para-hydroxylation sites is 1. The van der Waals surface area contributed by atoms with E-state index < -0.39 is 5.60 Å². The summed E-state index contributed by atoms with van der Waals surface area (Å²) < 4.78 is 6.06. The molecule has 0 N–H and O–H groups in total. The van der Waals surface area contributed by atoms with Crippen molar-refractivity contribution in [2.75, 3.05) is 4.90 Å². The van der Waals surface area contributed by atoms with Crippen LogP contribution in [0.15, 0.2) is 35.4 Å². The van der Waals surface area contributed by atoms with Crippen molar-refractivity contribution in [3.05, 3.63) is 41.0 Å². The predicted molar refractivity (Wildman–Crippen MR) is 88.2 cm³/mol. The number of carbonyl (C=O) groups is 2. The highest BCUT2D eigenvalue weighted by Crippen LogP contribution is 2.43. The van der Waals surface area contributed by atoms with Crippen molar-refractivity contribution >= 4 is 23.6 Å². The smallest absolute Gasteiger partial charge is 0.261 e. The lowest BCUT2D eigenvalue weighted by molar-refractivity contribution is -0.120. The van der Waals surface area contributed by atoms with Crippen LogP contribution in [0.1, 0.15) is 45.1 Å². The Kier molecular flexibility index (Phi) is 2.98. The Labute approximate surface area is 135 Å². The number of fused-ring (bicyclic) bond motifs is 1. The van der Waals surface area contributed by atoms with E-state index in [1.165, 1.54) is 4.90 Å². The van der Waals surface area contributed by atoms with Crippen molar-refractivity contribution < 1.29 is 14.3 Å². The molecule has 4 nitrogen and oxygen atoms in total. The van der Waals surface area contributed by atoms with E-state index in [9.17, 15) is 9.59 Å². The van der Waals surface area contributed by atoms with Gasteiger partial charge >= 0.3 is 0 Å². The molecule has 118 valence electrons. The van der Waals surface area contributed by atoms with Crippen molar-refractivity contribution in [2.24, 2.45) is 0 Å². The second kappa shape index (κ2) is 4.82. The zero-order valence-electron chi connectivity index (χ0n) is 13.4. The van der Waals surface area contributed by atoms with Crippen LogP contribution in [0.2, 0.25) is 0 Å². The topological polar surface area (TPSA) is 46.6 Å². The molecule has 0 spiro atoms. The lowest BCUT2D eigenvalue weighted by atomic mass is 9.93. The number of anilines is 1. The van der Waals surface area contributed by atoms with Gasteiger partial charge in [0.1, 0.15) is 5.60 Å². The third-order valence-corrected chi connectivity index (χ3v) is 4.69. The fourth-order valence-corrected chi connectivity index (χ4v) is 3.51. The van der Waals surface area contributed by atoms with E-state index in [1.54, 1.807) is 6.07 Å². The number of hydrogen-bond donors (Lipinski definition) is 0. The molecule has 23 heavy (non-hydrogen) atoms. The molecule has 0 unspecified atom stereocenters. The molecule has 2 amide bonds. The summed E-state index contributed by atoms with van der Waals surface area (Å²) in [6.45, 7) is 3.92. The highest BCUT2D eigenvalue weighted by molar-refractivity contribution is 6.33. The molecule has 3 aliphatic rings. The summed E-state index contributed by atoms with van der Waals surface area (Å²) >= 11 is 0. The Bertz CT molecular complexity index is 758. The van der Waals surface area contributed by atoms with Crippen LogP contribution in [-0.4, -0.2) is 17.4 Å². The maximum Gasteiger partial charge on any atom is 0.261 e. The molecule has 1 aromatic rings. The zero-order valence-corrected chi connectivity index (χ0v) is 13.4. The quantitative estimate of drug-likeness (QED) is 0.744. The zero-order chi connectivity index (χ0) is 16.2. The monoisotopic (exact) mass is 309 g/mol. The molecule has 0 bridgehead atoms. The Balaban J connectivity index is 1.80. The minimum absolute atomic E-state index is 0.172. The lowest BCUT2D eigenvalue weighted by Crippen LogP contribution is -2.34. The minimum Gasteiger partial charge on any atom is -0.481 e. The molecule has 0 saturated carbocycles. The molecule has 1 aliphatic carbocycles. The molecular weight excluding hydrogens is 290 g/mol. The Morgan fingerprint density at radius 3 is 2.35 bits per heavy atom. The number of amides is 2. The fourth-order valence-electron chi connectivity index (χ4n) is 3.51. The van der Waals surface area contributed by atoms with Gasteiger partial charge in [0.15, 0.2) is 5.75 Å². The van der Waals surface area contributed by atoms with Gasteiger partial charge in [0.25, 0.3) is 11.8 Å². The van der Waals surface area contributed by atoms with E-state index in [0.29, 0.717) is 35.4 Å². The van der Waals surface area contributed by atoms with E-state index in [-0.39, 0.29) is 11.8 Å². The van der Waals surface area contributed by atoms with Gasteiger partial charge in [-0.3, -0.25) is 9.59 Å². The number of imide groups is 1. The maximum atomic E-state index is 12.8. The first kappa shape index (κ1) is 14.2. The van der Waals surface area contributed by atoms with Crippen molar-refractivity contribution in [1.29, 1.82) is 0 Å². The van der Waals surface area contributed by atoms with Gasteiger partial charge in [-0.15, -0.1) is 0 Å². The molecular formula is C19H19NO3. The molecule has 0 fully saturated rings. The first-order valence-corrected chi connectivity index (χ1v) is 8.10.